The van der Waals surface area contributed by atoms with Gasteiger partial charge in [0.15, 0.2) is 0 Å². The van der Waals surface area contributed by atoms with Crippen LogP contribution in [-0.4, -0.2) is 6.10 Å². The summed E-state index contributed by atoms with van der Waals surface area (Å²) in [6.07, 6.45) is 0.865. The fraction of sp³-hybridized carbons (Fsp3) is 0.400. The summed E-state index contributed by atoms with van der Waals surface area (Å²) in [5, 5.41) is 0. The van der Waals surface area contributed by atoms with Gasteiger partial charge in [0.25, 0.3) is 0 Å². The van der Waals surface area contributed by atoms with E-state index in [-0.39, 0.29) is 18.0 Å². The van der Waals surface area contributed by atoms with Crippen LogP contribution in [0.5, 0.6) is 5.75 Å². The average molecular weight is 181 g/mol. The van der Waals surface area contributed by atoms with Crippen molar-refractivity contribution in [3.8, 4) is 5.75 Å². The van der Waals surface area contributed by atoms with Gasteiger partial charge in [-0.3, -0.25) is 0 Å². The highest BCUT2D eigenvalue weighted by Gasteiger charge is 2.22. The Balaban J connectivity index is 2.43. The van der Waals surface area contributed by atoms with Crippen LogP contribution in [0, 0.1) is 5.82 Å². The summed E-state index contributed by atoms with van der Waals surface area (Å²) in [5.41, 5.74) is 6.64. The van der Waals surface area contributed by atoms with Crippen LogP contribution < -0.4 is 10.5 Å². The van der Waals surface area contributed by atoms with Gasteiger partial charge in [-0.25, -0.2) is 4.39 Å². The van der Waals surface area contributed by atoms with Crippen molar-refractivity contribution in [2.24, 2.45) is 5.73 Å². The third-order valence-electron chi connectivity index (χ3n) is 2.29. The molecule has 3 heteroatoms. The zero-order valence-corrected chi connectivity index (χ0v) is 7.46. The fourth-order valence-corrected chi connectivity index (χ4v) is 1.67. The molecule has 2 rings (SSSR count). The van der Waals surface area contributed by atoms with Crippen molar-refractivity contribution in [2.45, 2.75) is 25.5 Å². The molecule has 0 saturated heterocycles. The SMILES string of the molecule is CC1CC(N)c2cc(F)ccc2O1. The van der Waals surface area contributed by atoms with Crippen molar-refractivity contribution in [3.05, 3.63) is 29.6 Å². The lowest BCUT2D eigenvalue weighted by molar-refractivity contribution is 0.176. The molecule has 1 aliphatic rings. The summed E-state index contributed by atoms with van der Waals surface area (Å²) in [4.78, 5) is 0. The standard InChI is InChI=1S/C10H12FNO/c1-6-4-9(12)8-5-7(11)2-3-10(8)13-6/h2-3,5-6,9H,4,12H2,1H3. The van der Waals surface area contributed by atoms with E-state index < -0.39 is 0 Å². The van der Waals surface area contributed by atoms with E-state index in [1.54, 1.807) is 6.07 Å². The van der Waals surface area contributed by atoms with Crippen molar-refractivity contribution in [1.29, 1.82) is 0 Å². The number of benzene rings is 1. The van der Waals surface area contributed by atoms with Gasteiger partial charge < -0.3 is 10.5 Å². The minimum Gasteiger partial charge on any atom is -0.490 e. The predicted octanol–water partition coefficient (Wildman–Crippen LogP) is 2.00. The largest absolute Gasteiger partial charge is 0.490 e. The van der Waals surface area contributed by atoms with Crippen molar-refractivity contribution >= 4 is 0 Å². The van der Waals surface area contributed by atoms with E-state index in [4.69, 9.17) is 10.5 Å². The van der Waals surface area contributed by atoms with Crippen molar-refractivity contribution in [2.75, 3.05) is 0 Å². The molecule has 0 aliphatic carbocycles. The summed E-state index contributed by atoms with van der Waals surface area (Å²) >= 11 is 0. The van der Waals surface area contributed by atoms with E-state index in [2.05, 4.69) is 0 Å². The normalized spacial score (nSPS) is 26.4. The van der Waals surface area contributed by atoms with Gasteiger partial charge in [-0.15, -0.1) is 0 Å². The average Bonchev–Trinajstić information content (AvgIpc) is 2.06. The predicted molar refractivity (Wildman–Crippen MR) is 48.0 cm³/mol. The molecule has 0 fully saturated rings. The molecule has 2 atom stereocenters. The Hall–Kier alpha value is -1.09. The quantitative estimate of drug-likeness (QED) is 0.664. The zero-order chi connectivity index (χ0) is 9.42. The van der Waals surface area contributed by atoms with Gasteiger partial charge >= 0.3 is 0 Å². The van der Waals surface area contributed by atoms with Crippen LogP contribution in [0.25, 0.3) is 0 Å². The van der Waals surface area contributed by atoms with Gasteiger partial charge in [0, 0.05) is 18.0 Å². The molecule has 70 valence electrons. The maximum absolute atomic E-state index is 12.9. The van der Waals surface area contributed by atoms with Crippen LogP contribution >= 0.6 is 0 Å². The van der Waals surface area contributed by atoms with Crippen molar-refractivity contribution < 1.29 is 9.13 Å². The molecular formula is C10H12FNO. The molecule has 1 aromatic rings. The second-order valence-electron chi connectivity index (χ2n) is 3.45. The first-order valence-corrected chi connectivity index (χ1v) is 4.38. The number of ether oxygens (including phenoxy) is 1. The maximum Gasteiger partial charge on any atom is 0.124 e. The minimum atomic E-state index is -0.257. The van der Waals surface area contributed by atoms with Gasteiger partial charge in [0.2, 0.25) is 0 Å². The first-order valence-electron chi connectivity index (χ1n) is 4.38. The van der Waals surface area contributed by atoms with E-state index in [0.29, 0.717) is 5.75 Å². The molecular weight excluding hydrogens is 169 g/mol. The highest BCUT2D eigenvalue weighted by Crippen LogP contribution is 2.33. The van der Waals surface area contributed by atoms with Crippen LogP contribution in [0.4, 0.5) is 4.39 Å². The molecule has 0 radical (unpaired) electrons. The Morgan fingerprint density at radius 1 is 1.54 bits per heavy atom. The van der Waals surface area contributed by atoms with Crippen LogP contribution in [0.15, 0.2) is 18.2 Å². The molecule has 0 aromatic heterocycles. The second kappa shape index (κ2) is 3.00. The Kier molecular flexibility index (Phi) is 1.96. The van der Waals surface area contributed by atoms with Crippen LogP contribution in [-0.2, 0) is 0 Å². The van der Waals surface area contributed by atoms with E-state index in [9.17, 15) is 4.39 Å². The number of halogens is 1. The lowest BCUT2D eigenvalue weighted by Crippen LogP contribution is -2.27. The molecule has 1 aromatic carbocycles. The summed E-state index contributed by atoms with van der Waals surface area (Å²) < 4.78 is 18.4. The molecule has 1 aliphatic heterocycles. The number of rotatable bonds is 0. The Bertz CT molecular complexity index is 327. The van der Waals surface area contributed by atoms with Gasteiger partial charge in [0.05, 0.1) is 6.10 Å². The topological polar surface area (TPSA) is 35.2 Å². The fourth-order valence-electron chi connectivity index (χ4n) is 1.67. The van der Waals surface area contributed by atoms with E-state index in [1.807, 2.05) is 6.92 Å². The first-order chi connectivity index (χ1) is 6.16. The van der Waals surface area contributed by atoms with Crippen molar-refractivity contribution in [1.82, 2.24) is 0 Å². The smallest absolute Gasteiger partial charge is 0.124 e. The van der Waals surface area contributed by atoms with Crippen molar-refractivity contribution in [3.63, 3.8) is 0 Å². The van der Waals surface area contributed by atoms with Crippen LogP contribution in [0.1, 0.15) is 24.9 Å². The molecule has 0 bridgehead atoms. The third kappa shape index (κ3) is 1.52. The molecule has 0 saturated carbocycles. The molecule has 2 nitrogen and oxygen atoms in total. The van der Waals surface area contributed by atoms with Crippen LogP contribution in [0.2, 0.25) is 0 Å². The molecule has 13 heavy (non-hydrogen) atoms. The number of hydrogen-bond acceptors (Lipinski definition) is 2. The third-order valence-corrected chi connectivity index (χ3v) is 2.29. The molecule has 0 spiro atoms. The maximum atomic E-state index is 12.9. The highest BCUT2D eigenvalue weighted by atomic mass is 19.1. The monoisotopic (exact) mass is 181 g/mol. The van der Waals surface area contributed by atoms with Gasteiger partial charge in [-0.2, -0.15) is 0 Å². The summed E-state index contributed by atoms with van der Waals surface area (Å²) in [5.74, 6) is 0.458. The second-order valence-corrected chi connectivity index (χ2v) is 3.45. The molecule has 0 amide bonds. The molecule has 2 N–H and O–H groups in total. The minimum absolute atomic E-state index is 0.102. The number of nitrogens with two attached hydrogens (primary N) is 1. The Morgan fingerprint density at radius 3 is 3.08 bits per heavy atom. The van der Waals surface area contributed by atoms with E-state index in [0.717, 1.165) is 12.0 Å². The Labute approximate surface area is 76.5 Å². The van der Waals surface area contributed by atoms with Gasteiger partial charge in [-0.1, -0.05) is 0 Å². The summed E-state index contributed by atoms with van der Waals surface area (Å²) in [6.45, 7) is 1.96. The molecule has 1 heterocycles. The highest BCUT2D eigenvalue weighted by molar-refractivity contribution is 5.38. The number of hydrogen-bond donors (Lipinski definition) is 1. The van der Waals surface area contributed by atoms with Gasteiger partial charge in [-0.05, 0) is 25.1 Å². The summed E-state index contributed by atoms with van der Waals surface area (Å²) in [6, 6.07) is 4.38. The van der Waals surface area contributed by atoms with Crippen LogP contribution in [0.3, 0.4) is 0 Å². The van der Waals surface area contributed by atoms with E-state index in [1.165, 1.54) is 12.1 Å². The lowest BCUT2D eigenvalue weighted by atomic mass is 9.98. The number of fused-ring (bicyclic) bond motifs is 1. The first kappa shape index (κ1) is 8.51. The van der Waals surface area contributed by atoms with Gasteiger partial charge in [0.1, 0.15) is 11.6 Å². The summed E-state index contributed by atoms with van der Waals surface area (Å²) in [7, 11) is 0. The van der Waals surface area contributed by atoms with E-state index >= 15 is 0 Å². The lowest BCUT2D eigenvalue weighted by Gasteiger charge is -2.27. The zero-order valence-electron chi connectivity index (χ0n) is 7.46. The molecule has 2 unspecified atom stereocenters. The Morgan fingerprint density at radius 2 is 2.31 bits per heavy atom.